The Labute approximate surface area is 171 Å². The molecule has 0 fully saturated rings. The number of hydrogen-bond donors (Lipinski definition) is 2. The van der Waals surface area contributed by atoms with E-state index in [2.05, 4.69) is 0 Å². The Morgan fingerprint density at radius 2 is 1.20 bits per heavy atom. The van der Waals surface area contributed by atoms with Crippen molar-refractivity contribution in [2.75, 3.05) is 26.3 Å². The summed E-state index contributed by atoms with van der Waals surface area (Å²) in [5.74, 6) is -2.87. The van der Waals surface area contributed by atoms with E-state index >= 15 is 0 Å². The Morgan fingerprint density at radius 1 is 0.800 bits per heavy atom. The molecule has 0 unspecified atom stereocenters. The predicted octanol–water partition coefficient (Wildman–Crippen LogP) is 0.147. The van der Waals surface area contributed by atoms with Gasteiger partial charge >= 0.3 is 11.9 Å². The van der Waals surface area contributed by atoms with E-state index in [0.717, 1.165) is 0 Å². The topological polar surface area (TPSA) is 134 Å². The maximum absolute atomic E-state index is 12.3. The molecule has 0 spiro atoms. The lowest BCUT2D eigenvalue weighted by Crippen LogP contribution is -2.43. The van der Waals surface area contributed by atoms with Crippen LogP contribution in [0.5, 0.6) is 11.5 Å². The number of rotatable bonds is 8. The van der Waals surface area contributed by atoms with Gasteiger partial charge in [-0.15, -0.1) is 0 Å². The molecule has 2 N–H and O–H groups in total. The second kappa shape index (κ2) is 9.12. The Balaban J connectivity index is 1.57. The van der Waals surface area contributed by atoms with Gasteiger partial charge in [-0.05, 0) is 12.1 Å². The zero-order valence-corrected chi connectivity index (χ0v) is 15.8. The molecule has 2 aliphatic rings. The molecule has 2 atom stereocenters. The van der Waals surface area contributed by atoms with E-state index in [1.807, 2.05) is 0 Å². The van der Waals surface area contributed by atoms with Crippen LogP contribution in [0.4, 0.5) is 0 Å². The molecule has 10 nitrogen and oxygen atoms in total. The minimum atomic E-state index is -1.13. The van der Waals surface area contributed by atoms with Crippen molar-refractivity contribution in [3.05, 3.63) is 48.6 Å². The highest BCUT2D eigenvalue weighted by molar-refractivity contribution is 5.87. The van der Waals surface area contributed by atoms with Gasteiger partial charge in [0.2, 0.25) is 0 Å². The molecular formula is C20H20N2O8. The van der Waals surface area contributed by atoms with Crippen molar-refractivity contribution in [2.45, 2.75) is 12.1 Å². The number of aliphatic carboxylic acids is 2. The van der Waals surface area contributed by atoms with Gasteiger partial charge in [0.05, 0.1) is 0 Å². The normalized spacial score (nSPS) is 19.7. The summed E-state index contributed by atoms with van der Waals surface area (Å²) in [6.07, 6.45) is 6.05. The quantitative estimate of drug-likeness (QED) is 0.572. The summed E-state index contributed by atoms with van der Waals surface area (Å²) in [5.41, 5.74) is 0. The first kappa shape index (κ1) is 20.9. The second-order valence-electron chi connectivity index (χ2n) is 6.54. The smallest absolute Gasteiger partial charge is 0.330 e. The number of carboxylic acid groups (broad SMARTS) is 2. The third-order valence-corrected chi connectivity index (χ3v) is 4.61. The molecule has 10 heteroatoms. The van der Waals surface area contributed by atoms with E-state index in [-0.39, 0.29) is 24.6 Å². The van der Waals surface area contributed by atoms with Gasteiger partial charge in [0, 0.05) is 13.1 Å². The highest BCUT2D eigenvalue weighted by atomic mass is 16.5. The summed E-state index contributed by atoms with van der Waals surface area (Å²) in [6.45, 7) is -0.450. The van der Waals surface area contributed by atoms with Crippen LogP contribution in [0, 0.1) is 0 Å². The molecule has 2 aliphatic heterocycles. The van der Waals surface area contributed by atoms with E-state index in [1.54, 1.807) is 36.4 Å². The van der Waals surface area contributed by atoms with Gasteiger partial charge in [0.15, 0.2) is 24.7 Å². The minimum absolute atomic E-state index is 0.181. The lowest BCUT2D eigenvalue weighted by atomic mass is 10.3. The van der Waals surface area contributed by atoms with Crippen molar-refractivity contribution in [3.8, 4) is 11.5 Å². The molecule has 0 bridgehead atoms. The summed E-state index contributed by atoms with van der Waals surface area (Å²) in [5, 5.41) is 18.3. The van der Waals surface area contributed by atoms with Crippen LogP contribution in [0.15, 0.2) is 48.6 Å². The molecule has 158 valence electrons. The van der Waals surface area contributed by atoms with Crippen molar-refractivity contribution < 1.29 is 38.9 Å². The Morgan fingerprint density at radius 3 is 1.57 bits per heavy atom. The lowest BCUT2D eigenvalue weighted by Gasteiger charge is -2.22. The first-order valence-electron chi connectivity index (χ1n) is 9.11. The minimum Gasteiger partial charge on any atom is -0.480 e. The molecule has 0 aliphatic carbocycles. The van der Waals surface area contributed by atoms with Gasteiger partial charge < -0.3 is 29.5 Å². The average Bonchev–Trinajstić information content (AvgIpc) is 3.40. The number of carbonyl (C=O) groups is 4. The van der Waals surface area contributed by atoms with E-state index in [4.69, 9.17) is 19.7 Å². The van der Waals surface area contributed by atoms with Crippen molar-refractivity contribution in [1.29, 1.82) is 0 Å². The maximum Gasteiger partial charge on any atom is 0.330 e. The Bertz CT molecular complexity index is 837. The molecule has 0 saturated carbocycles. The third-order valence-electron chi connectivity index (χ3n) is 4.61. The molecule has 1 aromatic rings. The van der Waals surface area contributed by atoms with Crippen LogP contribution >= 0.6 is 0 Å². The number of nitrogens with zero attached hydrogens (tertiary/aromatic N) is 2. The van der Waals surface area contributed by atoms with Crippen molar-refractivity contribution in [1.82, 2.24) is 9.80 Å². The molecule has 30 heavy (non-hydrogen) atoms. The fraction of sp³-hybridized carbons (Fsp3) is 0.300. The lowest BCUT2D eigenvalue weighted by molar-refractivity contribution is -0.148. The Kier molecular flexibility index (Phi) is 6.35. The zero-order valence-electron chi connectivity index (χ0n) is 15.8. The molecule has 2 amide bonds. The van der Waals surface area contributed by atoms with Crippen LogP contribution < -0.4 is 9.47 Å². The SMILES string of the molecule is O=C(O)[C@H]1C=CCN1C(=O)COc1ccccc1OCC(=O)N1CC=C[C@@H]1C(=O)O. The van der Waals surface area contributed by atoms with Gasteiger partial charge in [-0.1, -0.05) is 36.4 Å². The van der Waals surface area contributed by atoms with E-state index in [1.165, 1.54) is 22.0 Å². The fourth-order valence-corrected chi connectivity index (χ4v) is 3.12. The van der Waals surface area contributed by atoms with Crippen molar-refractivity contribution in [3.63, 3.8) is 0 Å². The monoisotopic (exact) mass is 416 g/mol. The number of carbonyl (C=O) groups excluding carboxylic acids is 2. The Hall–Kier alpha value is -3.82. The first-order valence-corrected chi connectivity index (χ1v) is 9.11. The first-order chi connectivity index (χ1) is 14.4. The number of para-hydroxylation sites is 2. The van der Waals surface area contributed by atoms with Crippen LogP contribution in [-0.4, -0.2) is 82.2 Å². The molecule has 1 aromatic carbocycles. The van der Waals surface area contributed by atoms with Gasteiger partial charge in [0.25, 0.3) is 11.8 Å². The summed E-state index contributed by atoms with van der Waals surface area (Å²) in [4.78, 5) is 49.3. The fourth-order valence-electron chi connectivity index (χ4n) is 3.12. The van der Waals surface area contributed by atoms with Crippen LogP contribution in [0.2, 0.25) is 0 Å². The van der Waals surface area contributed by atoms with Crippen molar-refractivity contribution in [2.24, 2.45) is 0 Å². The maximum atomic E-state index is 12.3. The molecule has 2 heterocycles. The average molecular weight is 416 g/mol. The summed E-state index contributed by atoms with van der Waals surface area (Å²) < 4.78 is 11.0. The summed E-state index contributed by atoms with van der Waals surface area (Å²) in [6, 6.07) is 4.33. The summed E-state index contributed by atoms with van der Waals surface area (Å²) in [7, 11) is 0. The van der Waals surface area contributed by atoms with Crippen molar-refractivity contribution >= 4 is 23.8 Å². The van der Waals surface area contributed by atoms with Gasteiger partial charge in [-0.25, -0.2) is 9.59 Å². The van der Waals surface area contributed by atoms with Crippen LogP contribution in [0.1, 0.15) is 0 Å². The third kappa shape index (κ3) is 4.59. The zero-order chi connectivity index (χ0) is 21.7. The number of ether oxygens (including phenoxy) is 2. The molecule has 3 rings (SSSR count). The highest BCUT2D eigenvalue weighted by Crippen LogP contribution is 2.27. The van der Waals surface area contributed by atoms with Gasteiger partial charge in [0.1, 0.15) is 12.1 Å². The van der Waals surface area contributed by atoms with Crippen LogP contribution in [0.25, 0.3) is 0 Å². The number of carboxylic acids is 2. The van der Waals surface area contributed by atoms with Crippen LogP contribution in [-0.2, 0) is 19.2 Å². The number of benzene rings is 1. The van der Waals surface area contributed by atoms with E-state index in [0.29, 0.717) is 0 Å². The predicted molar refractivity (Wildman–Crippen MR) is 102 cm³/mol. The molecular weight excluding hydrogens is 396 g/mol. The summed E-state index contributed by atoms with van der Waals surface area (Å²) >= 11 is 0. The van der Waals surface area contributed by atoms with Gasteiger partial charge in [-0.3, -0.25) is 9.59 Å². The number of amides is 2. The highest BCUT2D eigenvalue weighted by Gasteiger charge is 2.31. The standard InChI is InChI=1S/C20H20N2O8/c23-17(21-9-3-5-13(21)19(25)26)11-29-15-7-1-2-8-16(15)30-12-18(24)22-10-4-6-14(22)20(27)28/h1-8,13-14H,9-12H2,(H,25,26)(H,27,28)/t13-,14-/m1/s1. The van der Waals surface area contributed by atoms with E-state index < -0.39 is 49.1 Å². The van der Waals surface area contributed by atoms with E-state index in [9.17, 15) is 19.2 Å². The largest absolute Gasteiger partial charge is 0.480 e. The molecule has 0 aromatic heterocycles. The molecule has 0 radical (unpaired) electrons. The second-order valence-corrected chi connectivity index (χ2v) is 6.54. The number of hydrogen-bond acceptors (Lipinski definition) is 6. The van der Waals surface area contributed by atoms with Crippen LogP contribution in [0.3, 0.4) is 0 Å². The molecule has 0 saturated heterocycles. The van der Waals surface area contributed by atoms with Gasteiger partial charge in [-0.2, -0.15) is 0 Å².